The Morgan fingerprint density at radius 1 is 1.12 bits per heavy atom. The smallest absolute Gasteiger partial charge is 0.216 e. The first-order valence-corrected chi connectivity index (χ1v) is 13.6. The number of nitrogens with zero attached hydrogens (tertiary/aromatic N) is 5. The number of carbonyl (C=O) groups is 1. The van der Waals surface area contributed by atoms with E-state index in [0.717, 1.165) is 57.6 Å². The second-order valence-corrected chi connectivity index (χ2v) is 11.1. The molecule has 0 aliphatic heterocycles. The maximum atomic E-state index is 11.1. The number of carbonyl (C=O) groups excluding carboxylic acids is 1. The summed E-state index contributed by atoms with van der Waals surface area (Å²) in [7, 11) is 0. The van der Waals surface area contributed by atoms with E-state index in [1.54, 1.807) is 6.20 Å². The molecule has 4 N–H and O–H groups in total. The lowest BCUT2D eigenvalue weighted by Gasteiger charge is -2.46. The van der Waals surface area contributed by atoms with Gasteiger partial charge in [-0.2, -0.15) is 5.06 Å². The van der Waals surface area contributed by atoms with Gasteiger partial charge in [0.15, 0.2) is 0 Å². The molecule has 1 saturated carbocycles. The number of nitrogen functional groups attached to an aromatic ring is 1. The molecule has 1 fully saturated rings. The third-order valence-corrected chi connectivity index (χ3v) is 7.80. The Kier molecular flexibility index (Phi) is 6.69. The Morgan fingerprint density at radius 3 is 2.67 bits per heavy atom. The minimum atomic E-state index is -0.0992. The van der Waals surface area contributed by atoms with Crippen LogP contribution in [-0.4, -0.2) is 55.2 Å². The van der Waals surface area contributed by atoms with Crippen molar-refractivity contribution in [3.05, 3.63) is 78.9 Å². The minimum Gasteiger partial charge on any atom is -0.382 e. The number of amides is 1. The molecule has 0 saturated heterocycles. The van der Waals surface area contributed by atoms with E-state index in [-0.39, 0.29) is 17.2 Å². The normalized spacial score (nSPS) is 18.8. The van der Waals surface area contributed by atoms with Gasteiger partial charge in [0.1, 0.15) is 22.9 Å². The number of pyridine rings is 1. The van der Waals surface area contributed by atoms with Crippen molar-refractivity contribution in [3.8, 4) is 22.5 Å². The standard InChI is InChI=1S/C31H33N7O2/c1-20(39)33-12-14-37(40)19-31(2)17-24(18-31)30-36-27(28-29(32)34-13-15-38(28)30)23-9-8-22-10-11-25(35-26(22)16-23)21-6-4-3-5-7-21/h3-11,13,15-16,24,40H,12,14,17-19H2,1-2H3,(H2,32,34)(H,33,39). The molecule has 3 aromatic heterocycles. The molecule has 0 bridgehead atoms. The molecule has 2 aromatic carbocycles. The fraction of sp³-hybridized carbons (Fsp3) is 0.290. The van der Waals surface area contributed by atoms with Crippen LogP contribution >= 0.6 is 0 Å². The van der Waals surface area contributed by atoms with Gasteiger partial charge in [0, 0.05) is 61.4 Å². The van der Waals surface area contributed by atoms with Gasteiger partial charge in [0.25, 0.3) is 0 Å². The van der Waals surface area contributed by atoms with Crippen LogP contribution in [0, 0.1) is 5.41 Å². The minimum absolute atomic E-state index is 0.0546. The van der Waals surface area contributed by atoms with Crippen LogP contribution in [0.1, 0.15) is 38.4 Å². The van der Waals surface area contributed by atoms with E-state index in [1.807, 2.05) is 30.5 Å². The van der Waals surface area contributed by atoms with Crippen LogP contribution in [0.4, 0.5) is 5.82 Å². The Hall–Kier alpha value is -4.34. The lowest BCUT2D eigenvalue weighted by molar-refractivity contribution is -0.131. The number of rotatable bonds is 8. The summed E-state index contributed by atoms with van der Waals surface area (Å²) in [4.78, 5) is 25.6. The lowest BCUT2D eigenvalue weighted by atomic mass is 9.62. The fourth-order valence-electron chi connectivity index (χ4n) is 5.93. The summed E-state index contributed by atoms with van der Waals surface area (Å²) in [5, 5.41) is 15.5. The van der Waals surface area contributed by atoms with Gasteiger partial charge < -0.3 is 16.3 Å². The molecule has 3 heterocycles. The highest BCUT2D eigenvalue weighted by molar-refractivity contribution is 5.91. The number of imidazole rings is 1. The molecule has 0 radical (unpaired) electrons. The van der Waals surface area contributed by atoms with Crippen LogP contribution < -0.4 is 11.1 Å². The highest BCUT2D eigenvalue weighted by Crippen LogP contribution is 2.51. The Morgan fingerprint density at radius 2 is 1.90 bits per heavy atom. The first kappa shape index (κ1) is 25.9. The molecule has 204 valence electrons. The van der Waals surface area contributed by atoms with Crippen molar-refractivity contribution in [2.24, 2.45) is 5.41 Å². The molecule has 1 aliphatic rings. The zero-order valence-corrected chi connectivity index (χ0v) is 22.7. The summed E-state index contributed by atoms with van der Waals surface area (Å²) in [6.07, 6.45) is 5.39. The van der Waals surface area contributed by atoms with Gasteiger partial charge in [-0.3, -0.25) is 9.20 Å². The molecule has 0 atom stereocenters. The van der Waals surface area contributed by atoms with Crippen molar-refractivity contribution in [2.75, 3.05) is 25.4 Å². The van der Waals surface area contributed by atoms with Gasteiger partial charge in [-0.15, -0.1) is 0 Å². The number of hydrogen-bond acceptors (Lipinski definition) is 7. The Labute approximate surface area is 232 Å². The number of nitrogens with two attached hydrogens (primary N) is 1. The van der Waals surface area contributed by atoms with Crippen LogP contribution in [-0.2, 0) is 4.79 Å². The van der Waals surface area contributed by atoms with Gasteiger partial charge in [-0.25, -0.2) is 15.0 Å². The van der Waals surface area contributed by atoms with Crippen molar-refractivity contribution in [3.63, 3.8) is 0 Å². The fourth-order valence-corrected chi connectivity index (χ4v) is 5.93. The third-order valence-electron chi connectivity index (χ3n) is 7.80. The highest BCUT2D eigenvalue weighted by atomic mass is 16.5. The molecule has 6 rings (SSSR count). The van der Waals surface area contributed by atoms with Gasteiger partial charge in [0.2, 0.25) is 5.91 Å². The van der Waals surface area contributed by atoms with Crippen molar-refractivity contribution in [1.29, 1.82) is 0 Å². The van der Waals surface area contributed by atoms with E-state index >= 15 is 0 Å². The highest BCUT2D eigenvalue weighted by Gasteiger charge is 2.44. The maximum Gasteiger partial charge on any atom is 0.216 e. The maximum absolute atomic E-state index is 11.1. The zero-order valence-electron chi connectivity index (χ0n) is 22.7. The molecule has 1 amide bonds. The summed E-state index contributed by atoms with van der Waals surface area (Å²) in [6.45, 7) is 4.99. The van der Waals surface area contributed by atoms with E-state index in [0.29, 0.717) is 25.5 Å². The molecule has 0 unspecified atom stereocenters. The molecule has 1 aliphatic carbocycles. The number of aromatic nitrogens is 4. The topological polar surface area (TPSA) is 122 Å². The van der Waals surface area contributed by atoms with Crippen LogP contribution in [0.3, 0.4) is 0 Å². The third kappa shape index (κ3) is 5.01. The number of benzene rings is 2. The first-order valence-electron chi connectivity index (χ1n) is 13.6. The summed E-state index contributed by atoms with van der Waals surface area (Å²) in [5.74, 6) is 1.51. The molecule has 40 heavy (non-hydrogen) atoms. The largest absolute Gasteiger partial charge is 0.382 e. The average Bonchev–Trinajstić information content (AvgIpc) is 3.32. The second-order valence-electron chi connectivity index (χ2n) is 11.1. The molecule has 5 aromatic rings. The van der Waals surface area contributed by atoms with E-state index < -0.39 is 0 Å². The molecule has 9 nitrogen and oxygen atoms in total. The summed E-state index contributed by atoms with van der Waals surface area (Å²) in [5.41, 5.74) is 11.8. The van der Waals surface area contributed by atoms with Crippen LogP contribution in [0.2, 0.25) is 0 Å². The quantitative estimate of drug-likeness (QED) is 0.242. The van der Waals surface area contributed by atoms with E-state index in [1.165, 1.54) is 12.0 Å². The van der Waals surface area contributed by atoms with E-state index in [2.05, 4.69) is 58.0 Å². The number of hydroxylamine groups is 2. The van der Waals surface area contributed by atoms with Crippen molar-refractivity contribution >= 4 is 28.1 Å². The van der Waals surface area contributed by atoms with Gasteiger partial charge >= 0.3 is 0 Å². The van der Waals surface area contributed by atoms with E-state index in [4.69, 9.17) is 15.7 Å². The molecule has 0 spiro atoms. The van der Waals surface area contributed by atoms with Crippen LogP contribution in [0.15, 0.2) is 73.1 Å². The average molecular weight is 536 g/mol. The number of hydrogen-bond donors (Lipinski definition) is 3. The zero-order chi connectivity index (χ0) is 27.9. The Bertz CT molecular complexity index is 1690. The first-order chi connectivity index (χ1) is 19.3. The Balaban J connectivity index is 1.29. The van der Waals surface area contributed by atoms with Crippen molar-refractivity contribution in [1.82, 2.24) is 29.7 Å². The number of nitrogens with one attached hydrogen (secondary N) is 1. The monoisotopic (exact) mass is 535 g/mol. The molecule has 9 heteroatoms. The second kappa shape index (κ2) is 10.3. The SMILES string of the molecule is CC(=O)NCCN(O)CC1(C)CC(c2nc(-c3ccc4ccc(-c5ccccc5)nc4c3)c3c(N)nccn23)C1. The summed E-state index contributed by atoms with van der Waals surface area (Å²) >= 11 is 0. The lowest BCUT2D eigenvalue weighted by Crippen LogP contribution is -2.44. The molecular weight excluding hydrogens is 502 g/mol. The van der Waals surface area contributed by atoms with Crippen LogP contribution in [0.5, 0.6) is 0 Å². The number of fused-ring (bicyclic) bond motifs is 2. The molecular formula is C31H33N7O2. The summed E-state index contributed by atoms with van der Waals surface area (Å²) in [6, 6.07) is 20.5. The number of anilines is 1. The summed E-state index contributed by atoms with van der Waals surface area (Å²) < 4.78 is 2.06. The predicted octanol–water partition coefficient (Wildman–Crippen LogP) is 4.90. The van der Waals surface area contributed by atoms with E-state index in [9.17, 15) is 10.0 Å². The van der Waals surface area contributed by atoms with Gasteiger partial charge in [-0.05, 0) is 30.4 Å². The van der Waals surface area contributed by atoms with Gasteiger partial charge in [-0.1, -0.05) is 55.5 Å². The van der Waals surface area contributed by atoms with Crippen molar-refractivity contribution in [2.45, 2.75) is 32.6 Å². The van der Waals surface area contributed by atoms with Gasteiger partial charge in [0.05, 0.1) is 11.2 Å². The van der Waals surface area contributed by atoms with Crippen LogP contribution in [0.25, 0.3) is 38.9 Å². The predicted molar refractivity (Wildman–Crippen MR) is 156 cm³/mol. The van der Waals surface area contributed by atoms with Crippen molar-refractivity contribution < 1.29 is 10.0 Å².